The Bertz CT molecular complexity index is 1110. The van der Waals surface area contributed by atoms with Gasteiger partial charge in [-0.05, 0) is 55.5 Å². The van der Waals surface area contributed by atoms with Gasteiger partial charge in [-0.3, -0.25) is 4.79 Å². The van der Waals surface area contributed by atoms with Crippen molar-refractivity contribution in [1.82, 2.24) is 15.3 Å². The molecule has 1 fully saturated rings. The number of carbonyl (C=O) groups is 1. The zero-order valence-corrected chi connectivity index (χ0v) is 19.7. The van der Waals surface area contributed by atoms with Crippen LogP contribution < -0.4 is 15.5 Å². The number of benzene rings is 2. The fraction of sp³-hybridized carbons (Fsp3) is 0.375. The first-order chi connectivity index (χ1) is 15.4. The molecule has 32 heavy (non-hydrogen) atoms. The summed E-state index contributed by atoms with van der Waals surface area (Å²) in [5.41, 5.74) is 1.78. The maximum Gasteiger partial charge on any atom is 0.225 e. The molecule has 1 amide bonds. The number of halogens is 2. The summed E-state index contributed by atoms with van der Waals surface area (Å²) in [6.07, 6.45) is 3.44. The number of anilines is 2. The monoisotopic (exact) mass is 471 g/mol. The molecular formula is C24H27Cl2N5O. The molecule has 0 atom stereocenters. The van der Waals surface area contributed by atoms with Crippen LogP contribution in [-0.4, -0.2) is 36.0 Å². The summed E-state index contributed by atoms with van der Waals surface area (Å²) < 4.78 is 0. The molecule has 1 heterocycles. The smallest absolute Gasteiger partial charge is 0.225 e. The van der Waals surface area contributed by atoms with Gasteiger partial charge in [0.15, 0.2) is 0 Å². The molecule has 0 unspecified atom stereocenters. The van der Waals surface area contributed by atoms with Gasteiger partial charge in [-0.2, -0.15) is 4.98 Å². The molecule has 0 bridgehead atoms. The molecule has 1 saturated carbocycles. The van der Waals surface area contributed by atoms with Gasteiger partial charge in [-0.15, -0.1) is 0 Å². The standard InChI is InChI=1S/C24H27Cl2N5O/c1-31(2)22-19-5-3-4-6-21(19)29-24(30-22)28-18-11-8-15(9-12-18)23(32)27-14-16-7-10-17(25)13-20(16)26/h3-7,10,13,15,18H,8-9,11-12,14H2,1-2H3,(H,27,32)(H,28,29,30). The predicted molar refractivity (Wildman–Crippen MR) is 132 cm³/mol. The first-order valence-electron chi connectivity index (χ1n) is 10.8. The van der Waals surface area contributed by atoms with Gasteiger partial charge in [0, 0.05) is 48.0 Å². The normalized spacial score (nSPS) is 18.4. The van der Waals surface area contributed by atoms with Crippen LogP contribution in [0, 0.1) is 5.92 Å². The summed E-state index contributed by atoms with van der Waals surface area (Å²) in [4.78, 5) is 24.1. The second kappa shape index (κ2) is 9.92. The van der Waals surface area contributed by atoms with Gasteiger partial charge in [0.25, 0.3) is 0 Å². The van der Waals surface area contributed by atoms with Crippen LogP contribution in [-0.2, 0) is 11.3 Å². The summed E-state index contributed by atoms with van der Waals surface area (Å²) in [7, 11) is 3.97. The quantitative estimate of drug-likeness (QED) is 0.510. The van der Waals surface area contributed by atoms with E-state index in [0.29, 0.717) is 22.5 Å². The molecule has 168 valence electrons. The number of hydrogen-bond donors (Lipinski definition) is 2. The van der Waals surface area contributed by atoms with Crippen molar-refractivity contribution in [2.45, 2.75) is 38.3 Å². The molecule has 6 nitrogen and oxygen atoms in total. The van der Waals surface area contributed by atoms with E-state index in [9.17, 15) is 4.79 Å². The van der Waals surface area contributed by atoms with E-state index in [1.807, 2.05) is 49.3 Å². The highest BCUT2D eigenvalue weighted by Gasteiger charge is 2.27. The number of nitrogens with zero attached hydrogens (tertiary/aromatic N) is 3. The molecule has 0 radical (unpaired) electrons. The lowest BCUT2D eigenvalue weighted by Gasteiger charge is -2.28. The van der Waals surface area contributed by atoms with E-state index in [-0.39, 0.29) is 17.9 Å². The Hall–Kier alpha value is -2.57. The molecule has 1 aliphatic rings. The van der Waals surface area contributed by atoms with Gasteiger partial charge >= 0.3 is 0 Å². The number of amides is 1. The highest BCUT2D eigenvalue weighted by molar-refractivity contribution is 6.35. The molecule has 3 aromatic rings. The van der Waals surface area contributed by atoms with E-state index < -0.39 is 0 Å². The van der Waals surface area contributed by atoms with Crippen molar-refractivity contribution in [3.05, 3.63) is 58.1 Å². The van der Waals surface area contributed by atoms with E-state index in [4.69, 9.17) is 33.2 Å². The van der Waals surface area contributed by atoms with Gasteiger partial charge in [0.2, 0.25) is 11.9 Å². The lowest BCUT2D eigenvalue weighted by atomic mass is 9.85. The molecule has 0 spiro atoms. The number of nitrogens with one attached hydrogen (secondary N) is 2. The van der Waals surface area contributed by atoms with Crippen LogP contribution in [0.2, 0.25) is 10.0 Å². The highest BCUT2D eigenvalue weighted by atomic mass is 35.5. The minimum absolute atomic E-state index is 0.00832. The Morgan fingerprint density at radius 1 is 1.06 bits per heavy atom. The maximum atomic E-state index is 12.6. The zero-order valence-electron chi connectivity index (χ0n) is 18.2. The second-order valence-corrected chi connectivity index (χ2v) is 9.27. The SMILES string of the molecule is CN(C)c1nc(NC2CCC(C(=O)NCc3ccc(Cl)cc3Cl)CC2)nc2ccccc12. The van der Waals surface area contributed by atoms with Crippen LogP contribution in [0.15, 0.2) is 42.5 Å². The topological polar surface area (TPSA) is 70.2 Å². The van der Waals surface area contributed by atoms with Gasteiger partial charge in [-0.25, -0.2) is 4.98 Å². The molecule has 2 aromatic carbocycles. The van der Waals surface area contributed by atoms with Crippen molar-refractivity contribution in [2.75, 3.05) is 24.3 Å². The van der Waals surface area contributed by atoms with Gasteiger partial charge in [0.05, 0.1) is 5.52 Å². The number of rotatable bonds is 6. The Balaban J connectivity index is 1.33. The molecule has 4 rings (SSSR count). The van der Waals surface area contributed by atoms with E-state index in [2.05, 4.69) is 10.6 Å². The number of para-hydroxylation sites is 1. The molecule has 0 saturated heterocycles. The Morgan fingerprint density at radius 2 is 1.81 bits per heavy atom. The first kappa shape index (κ1) is 22.6. The van der Waals surface area contributed by atoms with Crippen LogP contribution in [0.1, 0.15) is 31.2 Å². The second-order valence-electron chi connectivity index (χ2n) is 8.43. The third kappa shape index (κ3) is 5.25. The fourth-order valence-corrected chi connectivity index (χ4v) is 4.61. The Morgan fingerprint density at radius 3 is 2.53 bits per heavy atom. The number of fused-ring (bicyclic) bond motifs is 1. The summed E-state index contributed by atoms with van der Waals surface area (Å²) in [6, 6.07) is 13.6. The Labute approximate surface area is 198 Å². The van der Waals surface area contributed by atoms with Crippen molar-refractivity contribution in [3.8, 4) is 0 Å². The molecule has 0 aliphatic heterocycles. The minimum Gasteiger partial charge on any atom is -0.362 e. The average molecular weight is 472 g/mol. The first-order valence-corrected chi connectivity index (χ1v) is 11.6. The van der Waals surface area contributed by atoms with E-state index in [0.717, 1.165) is 48.0 Å². The summed E-state index contributed by atoms with van der Waals surface area (Å²) in [5, 5.41) is 8.69. The largest absolute Gasteiger partial charge is 0.362 e. The lowest BCUT2D eigenvalue weighted by Crippen LogP contribution is -2.36. The summed E-state index contributed by atoms with van der Waals surface area (Å²) in [5.74, 6) is 1.62. The van der Waals surface area contributed by atoms with Gasteiger partial charge in [0.1, 0.15) is 5.82 Å². The third-order valence-electron chi connectivity index (χ3n) is 5.91. The number of hydrogen-bond acceptors (Lipinski definition) is 5. The van der Waals surface area contributed by atoms with E-state index in [1.54, 1.807) is 12.1 Å². The van der Waals surface area contributed by atoms with Crippen molar-refractivity contribution in [1.29, 1.82) is 0 Å². The Kier molecular flexibility index (Phi) is 7.01. The van der Waals surface area contributed by atoms with E-state index >= 15 is 0 Å². The highest BCUT2D eigenvalue weighted by Crippen LogP contribution is 2.29. The van der Waals surface area contributed by atoms with Crippen molar-refractivity contribution in [2.24, 2.45) is 5.92 Å². The number of aromatic nitrogens is 2. The maximum absolute atomic E-state index is 12.6. The van der Waals surface area contributed by atoms with Crippen molar-refractivity contribution < 1.29 is 4.79 Å². The summed E-state index contributed by atoms with van der Waals surface area (Å²) >= 11 is 12.1. The van der Waals surface area contributed by atoms with Gasteiger partial charge < -0.3 is 15.5 Å². The molecule has 1 aromatic heterocycles. The molecule has 2 N–H and O–H groups in total. The van der Waals surface area contributed by atoms with Crippen LogP contribution in [0.5, 0.6) is 0 Å². The van der Waals surface area contributed by atoms with Crippen LogP contribution >= 0.6 is 23.2 Å². The predicted octanol–water partition coefficient (Wildman–Crippen LogP) is 5.29. The molecule has 1 aliphatic carbocycles. The van der Waals surface area contributed by atoms with Gasteiger partial charge in [-0.1, -0.05) is 41.4 Å². The zero-order chi connectivity index (χ0) is 22.7. The van der Waals surface area contributed by atoms with Crippen LogP contribution in [0.4, 0.5) is 11.8 Å². The van der Waals surface area contributed by atoms with Crippen LogP contribution in [0.3, 0.4) is 0 Å². The minimum atomic E-state index is 0.00832. The van der Waals surface area contributed by atoms with Crippen molar-refractivity contribution in [3.63, 3.8) is 0 Å². The van der Waals surface area contributed by atoms with E-state index in [1.165, 1.54) is 0 Å². The van der Waals surface area contributed by atoms with Crippen LogP contribution in [0.25, 0.3) is 10.9 Å². The van der Waals surface area contributed by atoms with Crippen molar-refractivity contribution >= 4 is 51.8 Å². The molecule has 8 heteroatoms. The third-order valence-corrected chi connectivity index (χ3v) is 6.49. The lowest BCUT2D eigenvalue weighted by molar-refractivity contribution is -0.126. The number of carbonyl (C=O) groups excluding carboxylic acids is 1. The molecular weight excluding hydrogens is 445 g/mol. The summed E-state index contributed by atoms with van der Waals surface area (Å²) in [6.45, 7) is 0.408. The fourth-order valence-electron chi connectivity index (χ4n) is 4.14. The average Bonchev–Trinajstić information content (AvgIpc) is 2.78.